The number of carbonyl (C=O) groups excluding carboxylic acids is 1. The first kappa shape index (κ1) is 19.7. The number of rotatable bonds is 8. The van der Waals surface area contributed by atoms with Gasteiger partial charge in [-0.15, -0.1) is 0 Å². The second-order valence-electron chi connectivity index (χ2n) is 5.37. The Kier molecular flexibility index (Phi) is 7.36. The molecule has 2 rings (SSSR count). The molecule has 2 aromatic carbocycles. The number of methoxy groups -OCH3 is 2. The molecule has 0 saturated heterocycles. The van der Waals surface area contributed by atoms with Gasteiger partial charge in [0.15, 0.2) is 11.5 Å². The van der Waals surface area contributed by atoms with Crippen molar-refractivity contribution in [3.8, 4) is 17.2 Å². The van der Waals surface area contributed by atoms with Crippen LogP contribution in [0.15, 0.2) is 42.5 Å². The molecule has 0 aliphatic rings. The Morgan fingerprint density at radius 3 is 2.69 bits per heavy atom. The van der Waals surface area contributed by atoms with E-state index < -0.39 is 0 Å². The molecule has 1 amide bonds. The van der Waals surface area contributed by atoms with Crippen molar-refractivity contribution in [1.29, 1.82) is 0 Å². The number of halogens is 1. The molecule has 0 atom stereocenters. The Labute approximate surface area is 158 Å². The lowest BCUT2D eigenvalue weighted by molar-refractivity contribution is -0.116. The number of benzene rings is 2. The quantitative estimate of drug-likeness (QED) is 0.706. The lowest BCUT2D eigenvalue weighted by Gasteiger charge is -2.11. The number of hydrogen-bond acceptors (Lipinski definition) is 4. The summed E-state index contributed by atoms with van der Waals surface area (Å²) < 4.78 is 15.9. The van der Waals surface area contributed by atoms with Crippen LogP contribution in [-0.2, 0) is 11.3 Å². The van der Waals surface area contributed by atoms with E-state index in [4.69, 9.17) is 25.8 Å². The van der Waals surface area contributed by atoms with E-state index in [0.29, 0.717) is 29.7 Å². The monoisotopic (exact) mass is 375 g/mol. The van der Waals surface area contributed by atoms with Crippen molar-refractivity contribution in [2.75, 3.05) is 20.8 Å². The lowest BCUT2D eigenvalue weighted by atomic mass is 10.1. The normalized spacial score (nSPS) is 10.6. The van der Waals surface area contributed by atoms with Gasteiger partial charge in [0.2, 0.25) is 5.91 Å². The zero-order chi connectivity index (χ0) is 18.9. The van der Waals surface area contributed by atoms with Gasteiger partial charge in [-0.3, -0.25) is 4.79 Å². The molecule has 0 aliphatic heterocycles. The van der Waals surface area contributed by atoms with Crippen LogP contribution >= 0.6 is 11.6 Å². The van der Waals surface area contributed by atoms with Crippen LogP contribution in [0.25, 0.3) is 6.08 Å². The summed E-state index contributed by atoms with van der Waals surface area (Å²) in [7, 11) is 3.15. The van der Waals surface area contributed by atoms with Crippen LogP contribution in [0.5, 0.6) is 17.2 Å². The molecular weight excluding hydrogens is 354 g/mol. The molecule has 0 bridgehead atoms. The highest BCUT2D eigenvalue weighted by atomic mass is 35.5. The number of ether oxygens (including phenoxy) is 3. The van der Waals surface area contributed by atoms with Crippen LogP contribution in [0.4, 0.5) is 0 Å². The summed E-state index contributed by atoms with van der Waals surface area (Å²) in [5.74, 6) is 1.56. The summed E-state index contributed by atoms with van der Waals surface area (Å²) in [6.45, 7) is 2.77. The second kappa shape index (κ2) is 9.73. The first-order valence-electron chi connectivity index (χ1n) is 8.16. The number of carbonyl (C=O) groups is 1. The third-order valence-corrected chi connectivity index (χ3v) is 3.85. The fourth-order valence-electron chi connectivity index (χ4n) is 2.32. The Bertz CT molecular complexity index is 789. The Balaban J connectivity index is 2.02. The standard InChI is InChI=1S/C20H22ClNO4/c1-4-26-20-17(21)11-14(12-18(20)25-3)8-9-19(23)22-13-15-6-5-7-16(10-15)24-2/h5-12H,4,13H2,1-3H3,(H,22,23). The first-order valence-corrected chi connectivity index (χ1v) is 8.54. The molecule has 138 valence electrons. The zero-order valence-corrected chi connectivity index (χ0v) is 15.8. The van der Waals surface area contributed by atoms with E-state index in [1.807, 2.05) is 31.2 Å². The molecule has 26 heavy (non-hydrogen) atoms. The lowest BCUT2D eigenvalue weighted by Crippen LogP contribution is -2.20. The van der Waals surface area contributed by atoms with Crippen LogP contribution in [0.2, 0.25) is 5.02 Å². The largest absolute Gasteiger partial charge is 0.497 e. The van der Waals surface area contributed by atoms with Crippen LogP contribution < -0.4 is 19.5 Å². The molecule has 0 heterocycles. The zero-order valence-electron chi connectivity index (χ0n) is 15.0. The average Bonchev–Trinajstić information content (AvgIpc) is 2.66. The predicted molar refractivity (Wildman–Crippen MR) is 103 cm³/mol. The van der Waals surface area contributed by atoms with Gasteiger partial charge in [0.05, 0.1) is 25.8 Å². The Morgan fingerprint density at radius 2 is 2.00 bits per heavy atom. The van der Waals surface area contributed by atoms with E-state index >= 15 is 0 Å². The summed E-state index contributed by atoms with van der Waals surface area (Å²) in [4.78, 5) is 12.0. The van der Waals surface area contributed by atoms with Crippen LogP contribution in [0, 0.1) is 0 Å². The molecule has 0 unspecified atom stereocenters. The fraction of sp³-hybridized carbons (Fsp3) is 0.250. The van der Waals surface area contributed by atoms with Gasteiger partial charge in [-0.25, -0.2) is 0 Å². The van der Waals surface area contributed by atoms with E-state index in [9.17, 15) is 4.79 Å². The molecule has 0 aromatic heterocycles. The van der Waals surface area contributed by atoms with Crippen LogP contribution in [0.3, 0.4) is 0 Å². The maximum absolute atomic E-state index is 12.0. The molecule has 2 aromatic rings. The minimum absolute atomic E-state index is 0.211. The molecule has 6 heteroatoms. The summed E-state index contributed by atoms with van der Waals surface area (Å²) >= 11 is 6.23. The third kappa shape index (κ3) is 5.43. The molecular formula is C20H22ClNO4. The summed E-state index contributed by atoms with van der Waals surface area (Å²) in [5.41, 5.74) is 1.70. The van der Waals surface area contributed by atoms with Gasteiger partial charge in [-0.1, -0.05) is 23.7 Å². The molecule has 0 aliphatic carbocycles. The minimum atomic E-state index is -0.211. The van der Waals surface area contributed by atoms with Gasteiger partial charge in [-0.2, -0.15) is 0 Å². The summed E-state index contributed by atoms with van der Waals surface area (Å²) in [6, 6.07) is 11.0. The van der Waals surface area contributed by atoms with Crippen molar-refractivity contribution in [1.82, 2.24) is 5.32 Å². The van der Waals surface area contributed by atoms with Gasteiger partial charge in [-0.05, 0) is 48.4 Å². The third-order valence-electron chi connectivity index (χ3n) is 3.57. The molecule has 0 spiro atoms. The smallest absolute Gasteiger partial charge is 0.244 e. The SMILES string of the molecule is CCOc1c(Cl)cc(C=CC(=O)NCc2cccc(OC)c2)cc1OC. The molecule has 0 saturated carbocycles. The van der Waals surface area contributed by atoms with Gasteiger partial charge in [0, 0.05) is 12.6 Å². The van der Waals surface area contributed by atoms with Crippen molar-refractivity contribution in [2.45, 2.75) is 13.5 Å². The van der Waals surface area contributed by atoms with E-state index in [-0.39, 0.29) is 5.91 Å². The van der Waals surface area contributed by atoms with Crippen molar-refractivity contribution in [3.05, 3.63) is 58.6 Å². The summed E-state index contributed by atoms with van der Waals surface area (Å²) in [5, 5.41) is 3.26. The molecule has 0 fully saturated rings. The van der Waals surface area contributed by atoms with Crippen LogP contribution in [-0.4, -0.2) is 26.7 Å². The maximum Gasteiger partial charge on any atom is 0.244 e. The first-order chi connectivity index (χ1) is 12.6. The maximum atomic E-state index is 12.0. The van der Waals surface area contributed by atoms with E-state index in [1.54, 1.807) is 32.4 Å². The van der Waals surface area contributed by atoms with Crippen molar-refractivity contribution < 1.29 is 19.0 Å². The number of amides is 1. The number of hydrogen-bond donors (Lipinski definition) is 1. The Morgan fingerprint density at radius 1 is 1.19 bits per heavy atom. The van der Waals surface area contributed by atoms with Crippen molar-refractivity contribution in [2.24, 2.45) is 0 Å². The Hall–Kier alpha value is -2.66. The highest BCUT2D eigenvalue weighted by Gasteiger charge is 2.10. The topological polar surface area (TPSA) is 56.8 Å². The minimum Gasteiger partial charge on any atom is -0.497 e. The summed E-state index contributed by atoms with van der Waals surface area (Å²) in [6.07, 6.45) is 3.12. The van der Waals surface area contributed by atoms with Crippen molar-refractivity contribution in [3.63, 3.8) is 0 Å². The van der Waals surface area contributed by atoms with Gasteiger partial charge in [0.25, 0.3) is 0 Å². The average molecular weight is 376 g/mol. The van der Waals surface area contributed by atoms with E-state index in [1.165, 1.54) is 6.08 Å². The van der Waals surface area contributed by atoms with Gasteiger partial charge in [0.1, 0.15) is 5.75 Å². The molecule has 0 radical (unpaired) electrons. The second-order valence-corrected chi connectivity index (χ2v) is 5.78. The molecule has 5 nitrogen and oxygen atoms in total. The van der Waals surface area contributed by atoms with Crippen molar-refractivity contribution >= 4 is 23.6 Å². The van der Waals surface area contributed by atoms with Gasteiger partial charge >= 0.3 is 0 Å². The highest BCUT2D eigenvalue weighted by Crippen LogP contribution is 2.36. The highest BCUT2D eigenvalue weighted by molar-refractivity contribution is 6.32. The molecule has 1 N–H and O–H groups in total. The van der Waals surface area contributed by atoms with E-state index in [2.05, 4.69) is 5.32 Å². The number of nitrogens with one attached hydrogen (secondary N) is 1. The predicted octanol–water partition coefficient (Wildman–Crippen LogP) is 4.09. The van der Waals surface area contributed by atoms with Gasteiger partial charge < -0.3 is 19.5 Å². The van der Waals surface area contributed by atoms with Crippen LogP contribution in [0.1, 0.15) is 18.1 Å². The van der Waals surface area contributed by atoms with E-state index in [0.717, 1.165) is 16.9 Å². The fourth-order valence-corrected chi connectivity index (χ4v) is 2.60.